The largest absolute Gasteiger partial charge is 0.297 e. The van der Waals surface area contributed by atoms with E-state index in [1.54, 1.807) is 0 Å². The zero-order valence-electron chi connectivity index (χ0n) is 12.8. The van der Waals surface area contributed by atoms with E-state index in [9.17, 15) is 4.79 Å². The summed E-state index contributed by atoms with van der Waals surface area (Å²) < 4.78 is 0.946. The molecule has 0 aliphatic heterocycles. The second-order valence-electron chi connectivity index (χ2n) is 5.79. The van der Waals surface area contributed by atoms with E-state index in [2.05, 4.69) is 44.4 Å². The second kappa shape index (κ2) is 6.78. The Morgan fingerprint density at radius 3 is 2.75 bits per heavy atom. The molecule has 3 aromatic rings. The van der Waals surface area contributed by atoms with Gasteiger partial charge in [-0.25, -0.2) is 4.98 Å². The third kappa shape index (κ3) is 3.31. The molecule has 0 spiro atoms. The molecule has 2 aromatic heterocycles. The molecule has 1 amide bonds. The number of hydrogen-bond donors (Lipinski definition) is 1. The quantitative estimate of drug-likeness (QED) is 0.586. The number of halogens is 1. The van der Waals surface area contributed by atoms with Crippen molar-refractivity contribution in [2.75, 3.05) is 5.32 Å². The number of aryl methyl sites for hydroxylation is 2. The number of carbonyl (C=O) groups is 1. The molecule has 3 nitrogen and oxygen atoms in total. The van der Waals surface area contributed by atoms with Gasteiger partial charge in [0.1, 0.15) is 0 Å². The molecule has 4 rings (SSSR count). The summed E-state index contributed by atoms with van der Waals surface area (Å²) in [6, 6.07) is 10.3. The van der Waals surface area contributed by atoms with E-state index in [0.29, 0.717) is 10.0 Å². The fourth-order valence-corrected chi connectivity index (χ4v) is 4.95. The van der Waals surface area contributed by atoms with Gasteiger partial charge in [-0.1, -0.05) is 12.1 Å². The maximum Gasteiger partial charge on any atom is 0.267 e. The molecule has 1 N–H and O–H groups in total. The molecule has 1 aliphatic carbocycles. The van der Waals surface area contributed by atoms with Gasteiger partial charge in [-0.05, 0) is 70.9 Å². The summed E-state index contributed by atoms with van der Waals surface area (Å²) in [5, 5.41) is 5.52. The number of aromatic nitrogens is 1. The Bertz CT molecular complexity index is 900. The molecule has 1 aliphatic rings. The van der Waals surface area contributed by atoms with Crippen LogP contribution >= 0.6 is 38.6 Å². The highest BCUT2D eigenvalue weighted by Crippen LogP contribution is 2.30. The standard InChI is InChI=1S/C18H15BrN2OS2/c19-16-8-7-15(24-16)17(22)21-18-20-14(10-23-18)13-6-5-11-3-1-2-4-12(11)9-13/h5-10H,1-4H2,(H,20,21,22). The summed E-state index contributed by atoms with van der Waals surface area (Å²) in [5.74, 6) is -0.114. The Balaban J connectivity index is 1.53. The molecular formula is C18H15BrN2OS2. The molecule has 1 aromatic carbocycles. The lowest BCUT2D eigenvalue weighted by Gasteiger charge is -2.16. The van der Waals surface area contributed by atoms with Crippen LogP contribution in [0.25, 0.3) is 11.3 Å². The fourth-order valence-electron chi connectivity index (χ4n) is 2.95. The minimum atomic E-state index is -0.114. The number of amides is 1. The zero-order valence-corrected chi connectivity index (χ0v) is 16.1. The van der Waals surface area contributed by atoms with Crippen molar-refractivity contribution in [3.63, 3.8) is 0 Å². The van der Waals surface area contributed by atoms with Gasteiger partial charge in [-0.3, -0.25) is 10.1 Å². The minimum absolute atomic E-state index is 0.114. The summed E-state index contributed by atoms with van der Waals surface area (Å²) in [7, 11) is 0. The summed E-state index contributed by atoms with van der Waals surface area (Å²) in [6.45, 7) is 0. The fraction of sp³-hybridized carbons (Fsp3) is 0.222. The van der Waals surface area contributed by atoms with E-state index < -0.39 is 0 Å². The number of nitrogens with zero attached hydrogens (tertiary/aromatic N) is 1. The van der Waals surface area contributed by atoms with E-state index in [0.717, 1.165) is 21.5 Å². The number of hydrogen-bond acceptors (Lipinski definition) is 4. The molecule has 0 fully saturated rings. The van der Waals surface area contributed by atoms with Crippen molar-refractivity contribution in [3.05, 3.63) is 55.5 Å². The van der Waals surface area contributed by atoms with Crippen LogP contribution in [0.1, 0.15) is 33.6 Å². The van der Waals surface area contributed by atoms with Crippen LogP contribution in [0.2, 0.25) is 0 Å². The molecule has 0 atom stereocenters. The maximum absolute atomic E-state index is 12.2. The van der Waals surface area contributed by atoms with Gasteiger partial charge in [0, 0.05) is 10.9 Å². The van der Waals surface area contributed by atoms with E-state index >= 15 is 0 Å². The predicted molar refractivity (Wildman–Crippen MR) is 104 cm³/mol. The van der Waals surface area contributed by atoms with Gasteiger partial charge in [0.15, 0.2) is 5.13 Å². The lowest BCUT2D eigenvalue weighted by atomic mass is 9.90. The molecule has 6 heteroatoms. The second-order valence-corrected chi connectivity index (χ2v) is 9.11. The molecule has 2 heterocycles. The van der Waals surface area contributed by atoms with Gasteiger partial charge in [0.2, 0.25) is 0 Å². The molecule has 0 saturated heterocycles. The van der Waals surface area contributed by atoms with Crippen LogP contribution in [0, 0.1) is 0 Å². The summed E-state index contributed by atoms with van der Waals surface area (Å²) in [4.78, 5) is 17.5. The number of anilines is 1. The van der Waals surface area contributed by atoms with Crippen molar-refractivity contribution in [2.45, 2.75) is 25.7 Å². The third-order valence-corrected chi connectivity index (χ3v) is 6.55. The van der Waals surface area contributed by atoms with Crippen LogP contribution in [-0.4, -0.2) is 10.9 Å². The monoisotopic (exact) mass is 418 g/mol. The highest BCUT2D eigenvalue weighted by Gasteiger charge is 2.14. The number of thiophene rings is 1. The van der Waals surface area contributed by atoms with E-state index in [1.165, 1.54) is 53.1 Å². The van der Waals surface area contributed by atoms with Crippen LogP contribution < -0.4 is 5.32 Å². The number of thiazole rings is 1. The Morgan fingerprint density at radius 1 is 1.12 bits per heavy atom. The molecule has 0 saturated carbocycles. The van der Waals surface area contributed by atoms with Crippen molar-refractivity contribution in [2.24, 2.45) is 0 Å². The average molecular weight is 419 g/mol. The molecular weight excluding hydrogens is 404 g/mol. The summed E-state index contributed by atoms with van der Waals surface area (Å²) in [6.07, 6.45) is 4.90. The van der Waals surface area contributed by atoms with Crippen molar-refractivity contribution in [1.29, 1.82) is 0 Å². The molecule has 0 radical (unpaired) electrons. The smallest absolute Gasteiger partial charge is 0.267 e. The van der Waals surface area contributed by atoms with Crippen molar-refractivity contribution < 1.29 is 4.79 Å². The van der Waals surface area contributed by atoms with Gasteiger partial charge in [0.25, 0.3) is 5.91 Å². The average Bonchev–Trinajstić information content (AvgIpc) is 3.23. The first kappa shape index (κ1) is 16.0. The zero-order chi connectivity index (χ0) is 16.5. The Hall–Kier alpha value is -1.50. The molecule has 0 unspecified atom stereocenters. The van der Waals surface area contributed by atoms with Crippen LogP contribution in [0.3, 0.4) is 0 Å². The first-order valence-electron chi connectivity index (χ1n) is 7.83. The molecule has 0 bridgehead atoms. The number of rotatable bonds is 3. The summed E-state index contributed by atoms with van der Waals surface area (Å²) >= 11 is 6.25. The van der Waals surface area contributed by atoms with E-state index in [-0.39, 0.29) is 5.91 Å². The Kier molecular flexibility index (Phi) is 4.52. The Labute approximate surface area is 156 Å². The predicted octanol–water partition coefficient (Wildman–Crippen LogP) is 5.77. The van der Waals surface area contributed by atoms with Gasteiger partial charge in [-0.2, -0.15) is 0 Å². The topological polar surface area (TPSA) is 42.0 Å². The highest BCUT2D eigenvalue weighted by molar-refractivity contribution is 9.11. The van der Waals surface area contributed by atoms with Gasteiger partial charge < -0.3 is 0 Å². The van der Waals surface area contributed by atoms with Crippen LogP contribution in [0.15, 0.2) is 39.5 Å². The van der Waals surface area contributed by atoms with Gasteiger partial charge >= 0.3 is 0 Å². The lowest BCUT2D eigenvalue weighted by molar-refractivity contribution is 0.103. The van der Waals surface area contributed by atoms with Gasteiger partial charge in [-0.15, -0.1) is 22.7 Å². The van der Waals surface area contributed by atoms with Crippen LogP contribution in [0.5, 0.6) is 0 Å². The number of nitrogens with one attached hydrogen (secondary N) is 1. The number of carbonyl (C=O) groups excluding carboxylic acids is 1. The Morgan fingerprint density at radius 2 is 1.96 bits per heavy atom. The van der Waals surface area contributed by atoms with E-state index in [1.807, 2.05) is 17.5 Å². The SMILES string of the molecule is O=C(Nc1nc(-c2ccc3c(c2)CCCC3)cs1)c1ccc(Br)s1. The minimum Gasteiger partial charge on any atom is -0.297 e. The van der Waals surface area contributed by atoms with E-state index in [4.69, 9.17) is 0 Å². The third-order valence-electron chi connectivity index (χ3n) is 4.17. The molecule has 122 valence electrons. The van der Waals surface area contributed by atoms with Crippen molar-refractivity contribution >= 4 is 49.6 Å². The molecule has 24 heavy (non-hydrogen) atoms. The summed E-state index contributed by atoms with van der Waals surface area (Å²) in [5.41, 5.74) is 4.97. The lowest BCUT2D eigenvalue weighted by Crippen LogP contribution is -2.09. The van der Waals surface area contributed by atoms with Crippen LogP contribution in [-0.2, 0) is 12.8 Å². The first-order chi connectivity index (χ1) is 11.7. The number of benzene rings is 1. The van der Waals surface area contributed by atoms with Crippen molar-refractivity contribution in [3.8, 4) is 11.3 Å². The van der Waals surface area contributed by atoms with Gasteiger partial charge in [0.05, 0.1) is 14.4 Å². The first-order valence-corrected chi connectivity index (χ1v) is 10.3. The number of fused-ring (bicyclic) bond motifs is 1. The van der Waals surface area contributed by atoms with Crippen LogP contribution in [0.4, 0.5) is 5.13 Å². The normalized spacial score (nSPS) is 13.5. The highest BCUT2D eigenvalue weighted by atomic mass is 79.9. The van der Waals surface area contributed by atoms with Crippen molar-refractivity contribution in [1.82, 2.24) is 4.98 Å². The maximum atomic E-state index is 12.2.